The van der Waals surface area contributed by atoms with E-state index in [1.54, 1.807) is 0 Å². The van der Waals surface area contributed by atoms with Crippen LogP contribution in [0.2, 0.25) is 0 Å². The highest BCUT2D eigenvalue weighted by molar-refractivity contribution is 6.17. The van der Waals surface area contributed by atoms with Crippen molar-refractivity contribution in [1.82, 2.24) is 14.5 Å². The molecule has 2 aromatic heterocycles. The maximum Gasteiger partial charge on any atom is 0.160 e. The quantitative estimate of drug-likeness (QED) is 0.764. The number of pyridine rings is 1. The van der Waals surface area contributed by atoms with Crippen LogP contribution in [-0.4, -0.2) is 33.1 Å². The van der Waals surface area contributed by atoms with E-state index in [1.165, 1.54) is 0 Å². The fourth-order valence-corrected chi connectivity index (χ4v) is 2.37. The molecule has 0 fully saturated rings. The van der Waals surface area contributed by atoms with Crippen LogP contribution < -0.4 is 0 Å². The van der Waals surface area contributed by atoms with Crippen LogP contribution in [0.1, 0.15) is 25.4 Å². The Bertz CT molecular complexity index is 553. The van der Waals surface area contributed by atoms with Crippen LogP contribution in [-0.2, 0) is 17.7 Å². The van der Waals surface area contributed by atoms with Gasteiger partial charge in [-0.1, -0.05) is 0 Å². The predicted octanol–water partition coefficient (Wildman–Crippen LogP) is 2.95. The normalized spacial score (nSPS) is 13.1. The number of aromatic nitrogens is 3. The molecule has 0 saturated heterocycles. The number of imidazole rings is 1. The van der Waals surface area contributed by atoms with Crippen LogP contribution in [0.5, 0.6) is 0 Å². The van der Waals surface area contributed by atoms with E-state index in [1.807, 2.05) is 26.0 Å². The van der Waals surface area contributed by atoms with Gasteiger partial charge in [0, 0.05) is 24.6 Å². The molecular weight excluding hydrogens is 262 g/mol. The predicted molar refractivity (Wildman–Crippen MR) is 77.8 cm³/mol. The maximum absolute atomic E-state index is 5.86. The fraction of sp³-hybridized carbons (Fsp3) is 0.571. The summed E-state index contributed by atoms with van der Waals surface area (Å²) in [6.07, 6.45) is 0.884. The number of fused-ring (bicyclic) bond motifs is 1. The van der Waals surface area contributed by atoms with Crippen molar-refractivity contribution >= 4 is 22.8 Å². The van der Waals surface area contributed by atoms with Crippen LogP contribution in [0, 0.1) is 6.92 Å². The minimum Gasteiger partial charge on any atom is -0.377 e. The van der Waals surface area contributed by atoms with Crippen molar-refractivity contribution in [2.45, 2.75) is 39.8 Å². The van der Waals surface area contributed by atoms with Gasteiger partial charge < -0.3 is 9.30 Å². The van der Waals surface area contributed by atoms with Gasteiger partial charge in [-0.2, -0.15) is 0 Å². The fourth-order valence-electron chi connectivity index (χ4n) is 2.20. The second-order valence-electron chi connectivity index (χ2n) is 4.64. The Hall–Kier alpha value is -1.13. The number of ether oxygens (including phenoxy) is 1. The van der Waals surface area contributed by atoms with E-state index < -0.39 is 0 Å². The summed E-state index contributed by atoms with van der Waals surface area (Å²) < 4.78 is 7.75. The van der Waals surface area contributed by atoms with Gasteiger partial charge in [0.05, 0.1) is 12.6 Å². The van der Waals surface area contributed by atoms with Crippen molar-refractivity contribution in [3.8, 4) is 0 Å². The first-order valence-electron chi connectivity index (χ1n) is 6.66. The number of nitrogens with zero attached hydrogens (tertiary/aromatic N) is 3. The zero-order chi connectivity index (χ0) is 13.8. The highest BCUT2D eigenvalue weighted by Crippen LogP contribution is 2.17. The second kappa shape index (κ2) is 6.35. The third-order valence-electron chi connectivity index (χ3n) is 3.02. The first-order valence-corrected chi connectivity index (χ1v) is 7.19. The summed E-state index contributed by atoms with van der Waals surface area (Å²) in [6.45, 7) is 7.53. The topological polar surface area (TPSA) is 39.9 Å². The Labute approximate surface area is 118 Å². The number of hydrogen-bond acceptors (Lipinski definition) is 3. The van der Waals surface area contributed by atoms with Crippen LogP contribution in [0.15, 0.2) is 12.1 Å². The highest BCUT2D eigenvalue weighted by atomic mass is 35.5. The first kappa shape index (κ1) is 14.3. The van der Waals surface area contributed by atoms with Crippen molar-refractivity contribution in [2.24, 2.45) is 0 Å². The van der Waals surface area contributed by atoms with Crippen molar-refractivity contribution < 1.29 is 4.74 Å². The van der Waals surface area contributed by atoms with Crippen molar-refractivity contribution in [3.05, 3.63) is 23.7 Å². The van der Waals surface area contributed by atoms with Gasteiger partial charge in [-0.3, -0.25) is 0 Å². The van der Waals surface area contributed by atoms with Gasteiger partial charge >= 0.3 is 0 Å². The van der Waals surface area contributed by atoms with Gasteiger partial charge in [-0.15, -0.1) is 11.6 Å². The lowest BCUT2D eigenvalue weighted by Gasteiger charge is -2.14. The molecule has 5 heteroatoms. The number of halogens is 1. The number of hydrogen-bond donors (Lipinski definition) is 0. The zero-order valence-corrected chi connectivity index (χ0v) is 12.4. The van der Waals surface area contributed by atoms with Gasteiger partial charge in [0.25, 0.3) is 0 Å². The molecule has 0 saturated carbocycles. The summed E-state index contributed by atoms with van der Waals surface area (Å²) in [5.41, 5.74) is 2.84. The Balaban J connectivity index is 2.41. The lowest BCUT2D eigenvalue weighted by Crippen LogP contribution is -2.18. The molecule has 2 heterocycles. The molecule has 19 heavy (non-hydrogen) atoms. The molecule has 1 unspecified atom stereocenters. The van der Waals surface area contributed by atoms with Crippen molar-refractivity contribution in [3.63, 3.8) is 0 Å². The molecule has 2 rings (SSSR count). The molecule has 2 aromatic rings. The van der Waals surface area contributed by atoms with Crippen LogP contribution in [0.3, 0.4) is 0 Å². The summed E-state index contributed by atoms with van der Waals surface area (Å²) >= 11 is 5.86. The Morgan fingerprint density at radius 2 is 2.16 bits per heavy atom. The molecule has 0 aliphatic carbocycles. The standard InChI is InChI=1S/C14H20ClN3O/c1-4-19-11(3)9-18-13(7-8-15)17-12-6-5-10(2)16-14(12)18/h5-6,11H,4,7-9H2,1-3H3. The van der Waals surface area contributed by atoms with E-state index in [-0.39, 0.29) is 6.10 Å². The first-order chi connectivity index (χ1) is 9.15. The summed E-state index contributed by atoms with van der Waals surface area (Å²) in [5.74, 6) is 1.54. The molecule has 4 nitrogen and oxygen atoms in total. The number of rotatable bonds is 6. The molecule has 0 radical (unpaired) electrons. The van der Waals surface area contributed by atoms with Gasteiger partial charge in [-0.05, 0) is 32.9 Å². The number of aryl methyl sites for hydroxylation is 2. The average Bonchev–Trinajstić information content (AvgIpc) is 2.68. The molecule has 104 valence electrons. The van der Waals surface area contributed by atoms with Crippen molar-refractivity contribution in [2.75, 3.05) is 12.5 Å². The molecule has 0 aromatic carbocycles. The summed E-state index contributed by atoms with van der Waals surface area (Å²) in [4.78, 5) is 9.21. The second-order valence-corrected chi connectivity index (χ2v) is 5.02. The molecule has 0 N–H and O–H groups in total. The third kappa shape index (κ3) is 3.25. The van der Waals surface area contributed by atoms with Crippen LogP contribution in [0.25, 0.3) is 11.2 Å². The smallest absolute Gasteiger partial charge is 0.160 e. The summed E-state index contributed by atoms with van der Waals surface area (Å²) in [7, 11) is 0. The maximum atomic E-state index is 5.86. The lowest BCUT2D eigenvalue weighted by atomic mass is 10.3. The Morgan fingerprint density at radius 1 is 1.37 bits per heavy atom. The molecule has 1 atom stereocenters. The highest BCUT2D eigenvalue weighted by Gasteiger charge is 2.14. The monoisotopic (exact) mass is 281 g/mol. The Morgan fingerprint density at radius 3 is 2.84 bits per heavy atom. The van der Waals surface area contributed by atoms with Crippen LogP contribution >= 0.6 is 11.6 Å². The van der Waals surface area contributed by atoms with Crippen molar-refractivity contribution in [1.29, 1.82) is 0 Å². The molecular formula is C14H20ClN3O. The largest absolute Gasteiger partial charge is 0.377 e. The molecule has 0 aliphatic heterocycles. The van der Waals surface area contributed by atoms with Gasteiger partial charge in [0.15, 0.2) is 5.65 Å². The molecule has 0 spiro atoms. The van der Waals surface area contributed by atoms with Gasteiger partial charge in [-0.25, -0.2) is 9.97 Å². The van der Waals surface area contributed by atoms with E-state index in [0.29, 0.717) is 12.5 Å². The number of alkyl halides is 1. The van der Waals surface area contributed by atoms with E-state index in [9.17, 15) is 0 Å². The summed E-state index contributed by atoms with van der Waals surface area (Å²) in [6, 6.07) is 3.99. The Kier molecular flexibility index (Phi) is 4.77. The lowest BCUT2D eigenvalue weighted by molar-refractivity contribution is 0.0641. The zero-order valence-electron chi connectivity index (χ0n) is 11.7. The minimum atomic E-state index is 0.138. The SMILES string of the molecule is CCOC(C)Cn1c(CCCl)nc2ccc(C)nc21. The van der Waals surface area contributed by atoms with Gasteiger partial charge in [0.2, 0.25) is 0 Å². The third-order valence-corrected chi connectivity index (χ3v) is 3.21. The molecule has 0 aliphatic rings. The van der Waals surface area contributed by atoms with Gasteiger partial charge in [0.1, 0.15) is 11.3 Å². The van der Waals surface area contributed by atoms with E-state index in [0.717, 1.165) is 35.6 Å². The average molecular weight is 282 g/mol. The van der Waals surface area contributed by atoms with Crippen LogP contribution in [0.4, 0.5) is 0 Å². The molecule has 0 amide bonds. The van der Waals surface area contributed by atoms with E-state index in [4.69, 9.17) is 16.3 Å². The van der Waals surface area contributed by atoms with E-state index >= 15 is 0 Å². The molecule has 0 bridgehead atoms. The van der Waals surface area contributed by atoms with E-state index in [2.05, 4.69) is 21.5 Å². The minimum absolute atomic E-state index is 0.138. The summed E-state index contributed by atoms with van der Waals surface area (Å²) in [5, 5.41) is 0.